The van der Waals surface area contributed by atoms with E-state index < -0.39 is 76.8 Å². The van der Waals surface area contributed by atoms with Gasteiger partial charge in [0.2, 0.25) is 17.7 Å². The Kier molecular flexibility index (Phi) is 17.8. The first kappa shape index (κ1) is 57.7. The number of alkyl carbamates (subject to hydrolysis) is 1. The number of fused-ring (bicyclic) bond motifs is 4. The highest BCUT2D eigenvalue weighted by Crippen LogP contribution is 2.44. The molecule has 0 bridgehead atoms. The summed E-state index contributed by atoms with van der Waals surface area (Å²) in [7, 11) is 0. The van der Waals surface area contributed by atoms with Gasteiger partial charge in [-0.25, -0.2) is 14.4 Å². The van der Waals surface area contributed by atoms with Crippen molar-refractivity contribution in [3.05, 3.63) is 191 Å². The standard InChI is InChI=1S/C65H73N5O10/c1-63(2,3)78-47-33-29-43(30-34-47)36-54(69-62(76)80-65(7,8)9)59(73)70-39-45-22-14-13-21-44(45)38-56(70)58(72)67-53(35-41-19-11-10-12-20-41)57(71)68-55(60(74)79-64(4,5)6)37-42-27-31-46(32-28-42)66-61(75)77-40-52-50-25-17-15-23-48(50)49-24-16-18-26-51(49)52/h10-34,52-56H,35-40H2,1-9H3,(H,66,75)(H,67,72)(H,68,71)(H,69,76)/t53-,54-,55-,56-/m0/s1. The first-order chi connectivity index (χ1) is 37.9. The molecule has 6 aromatic rings. The third-order valence-corrected chi connectivity index (χ3v) is 13.5. The van der Waals surface area contributed by atoms with E-state index in [0.29, 0.717) is 17.0 Å². The minimum atomic E-state index is -1.24. The van der Waals surface area contributed by atoms with Crippen LogP contribution in [0.4, 0.5) is 15.3 Å². The number of benzene rings is 6. The lowest BCUT2D eigenvalue weighted by Crippen LogP contribution is -2.61. The number of nitrogens with zero attached hydrogens (tertiary/aromatic N) is 1. The van der Waals surface area contributed by atoms with Gasteiger partial charge in [-0.15, -0.1) is 0 Å². The van der Waals surface area contributed by atoms with E-state index in [4.69, 9.17) is 18.9 Å². The molecule has 5 amide bonds. The van der Waals surface area contributed by atoms with Crippen molar-refractivity contribution in [3.63, 3.8) is 0 Å². The minimum absolute atomic E-state index is 0.00204. The van der Waals surface area contributed by atoms with Crippen molar-refractivity contribution in [2.75, 3.05) is 11.9 Å². The van der Waals surface area contributed by atoms with Crippen molar-refractivity contribution in [3.8, 4) is 16.9 Å². The van der Waals surface area contributed by atoms with Gasteiger partial charge < -0.3 is 39.8 Å². The molecule has 0 unspecified atom stereocenters. The van der Waals surface area contributed by atoms with Gasteiger partial charge in [0.15, 0.2) is 0 Å². The number of rotatable bonds is 17. The SMILES string of the molecule is CC(C)(C)OC(=O)N[C@@H](Cc1ccc(OC(C)(C)C)cc1)C(=O)N1Cc2ccccc2C[C@H]1C(=O)N[C@@H](Cc1ccccc1)C(=O)N[C@@H](Cc1ccc(NC(=O)OCC2c3ccccc3-c3ccccc32)cc1)C(=O)OC(C)(C)C. The van der Waals surface area contributed by atoms with Crippen LogP contribution in [0.5, 0.6) is 5.75 Å². The van der Waals surface area contributed by atoms with Crippen molar-refractivity contribution in [2.24, 2.45) is 0 Å². The number of ether oxygens (including phenoxy) is 4. The molecule has 1 aliphatic heterocycles. The molecule has 4 atom stereocenters. The molecule has 0 saturated heterocycles. The zero-order valence-electron chi connectivity index (χ0n) is 47.1. The number of nitrogens with one attached hydrogen (secondary N) is 4. The fraction of sp³-hybridized carbons (Fsp3) is 0.354. The van der Waals surface area contributed by atoms with Gasteiger partial charge in [0.25, 0.3) is 0 Å². The maximum absolute atomic E-state index is 15.1. The molecule has 4 N–H and O–H groups in total. The third kappa shape index (κ3) is 15.6. The Labute approximate surface area is 469 Å². The Balaban J connectivity index is 1.00. The third-order valence-electron chi connectivity index (χ3n) is 13.5. The molecule has 0 saturated carbocycles. The van der Waals surface area contributed by atoms with E-state index in [1.165, 1.54) is 4.90 Å². The summed E-state index contributed by atoms with van der Waals surface area (Å²) < 4.78 is 23.3. The molecule has 0 radical (unpaired) electrons. The molecule has 2 aliphatic rings. The molecule has 6 aromatic carbocycles. The van der Waals surface area contributed by atoms with Crippen molar-refractivity contribution in [1.29, 1.82) is 0 Å². The van der Waals surface area contributed by atoms with E-state index in [0.717, 1.165) is 44.5 Å². The second-order valence-electron chi connectivity index (χ2n) is 23.4. The fourth-order valence-corrected chi connectivity index (χ4v) is 10.00. The summed E-state index contributed by atoms with van der Waals surface area (Å²) in [5, 5.41) is 11.5. The summed E-state index contributed by atoms with van der Waals surface area (Å²) in [6.45, 7) is 16.4. The van der Waals surface area contributed by atoms with Crippen LogP contribution in [0.2, 0.25) is 0 Å². The predicted octanol–water partition coefficient (Wildman–Crippen LogP) is 10.4. The number of carbonyl (C=O) groups is 6. The summed E-state index contributed by atoms with van der Waals surface area (Å²) in [4.78, 5) is 87.1. The van der Waals surface area contributed by atoms with Crippen LogP contribution in [0, 0.1) is 0 Å². The first-order valence-electron chi connectivity index (χ1n) is 27.2. The number of carbonyl (C=O) groups excluding carboxylic acids is 6. The van der Waals surface area contributed by atoms with Gasteiger partial charge in [-0.05, 0) is 137 Å². The van der Waals surface area contributed by atoms with Crippen LogP contribution in [0.25, 0.3) is 11.1 Å². The Bertz CT molecular complexity index is 3130. The summed E-state index contributed by atoms with van der Waals surface area (Å²) in [6.07, 6.45) is -1.23. The van der Waals surface area contributed by atoms with Crippen LogP contribution in [-0.2, 0) is 65.6 Å². The zero-order chi connectivity index (χ0) is 57.4. The van der Waals surface area contributed by atoms with E-state index in [1.807, 2.05) is 112 Å². The van der Waals surface area contributed by atoms with E-state index in [-0.39, 0.29) is 44.8 Å². The smallest absolute Gasteiger partial charge is 0.411 e. The zero-order valence-corrected chi connectivity index (χ0v) is 47.1. The summed E-state index contributed by atoms with van der Waals surface area (Å²) in [5.41, 5.74) is 6.43. The lowest BCUT2D eigenvalue weighted by molar-refractivity contribution is -0.158. The van der Waals surface area contributed by atoms with Crippen LogP contribution < -0.4 is 26.0 Å². The molecule has 15 heteroatoms. The van der Waals surface area contributed by atoms with Gasteiger partial charge in [0.05, 0.1) is 0 Å². The van der Waals surface area contributed by atoms with Crippen molar-refractivity contribution >= 4 is 41.6 Å². The minimum Gasteiger partial charge on any atom is -0.488 e. The van der Waals surface area contributed by atoms with Crippen LogP contribution in [-0.4, -0.2) is 88.4 Å². The monoisotopic (exact) mass is 1080 g/mol. The summed E-state index contributed by atoms with van der Waals surface area (Å²) in [5.74, 6) is -1.98. The van der Waals surface area contributed by atoms with Crippen LogP contribution in [0.15, 0.2) is 152 Å². The highest BCUT2D eigenvalue weighted by Gasteiger charge is 2.41. The van der Waals surface area contributed by atoms with E-state index in [9.17, 15) is 19.2 Å². The van der Waals surface area contributed by atoms with Gasteiger partial charge in [-0.3, -0.25) is 19.7 Å². The molecular weight excluding hydrogens is 1010 g/mol. The summed E-state index contributed by atoms with van der Waals surface area (Å²) in [6, 6.07) is 42.2. The Morgan fingerprint density at radius 1 is 0.525 bits per heavy atom. The number of esters is 1. The average molecular weight is 1080 g/mol. The Morgan fingerprint density at radius 2 is 1.05 bits per heavy atom. The summed E-state index contributed by atoms with van der Waals surface area (Å²) >= 11 is 0. The van der Waals surface area contributed by atoms with E-state index in [1.54, 1.807) is 77.9 Å². The van der Waals surface area contributed by atoms with Crippen molar-refractivity contribution in [2.45, 2.75) is 141 Å². The largest absolute Gasteiger partial charge is 0.488 e. The normalized spacial score (nSPS) is 15.1. The van der Waals surface area contributed by atoms with Crippen LogP contribution >= 0.6 is 0 Å². The number of amides is 5. The lowest BCUT2D eigenvalue weighted by atomic mass is 9.91. The number of hydrogen-bond donors (Lipinski definition) is 4. The molecule has 0 fully saturated rings. The molecule has 15 nitrogen and oxygen atoms in total. The van der Waals surface area contributed by atoms with Crippen LogP contribution in [0.3, 0.4) is 0 Å². The Hall–Kier alpha value is -8.46. The highest BCUT2D eigenvalue weighted by atomic mass is 16.6. The van der Waals surface area contributed by atoms with Crippen molar-refractivity contribution in [1.82, 2.24) is 20.9 Å². The lowest BCUT2D eigenvalue weighted by Gasteiger charge is -2.38. The Morgan fingerprint density at radius 3 is 1.65 bits per heavy atom. The molecule has 80 heavy (non-hydrogen) atoms. The number of hydrogen-bond acceptors (Lipinski definition) is 10. The number of anilines is 1. The molecule has 1 aliphatic carbocycles. The van der Waals surface area contributed by atoms with Crippen LogP contribution in [0.1, 0.15) is 107 Å². The quantitative estimate of drug-likeness (QED) is 0.0505. The molecule has 8 rings (SSSR count). The fourth-order valence-electron chi connectivity index (χ4n) is 10.00. The molecule has 1 heterocycles. The maximum Gasteiger partial charge on any atom is 0.411 e. The van der Waals surface area contributed by atoms with Gasteiger partial charge in [0.1, 0.15) is 53.3 Å². The van der Waals surface area contributed by atoms with E-state index in [2.05, 4.69) is 45.5 Å². The molecular formula is C65H73N5O10. The topological polar surface area (TPSA) is 191 Å². The predicted molar refractivity (Wildman–Crippen MR) is 307 cm³/mol. The van der Waals surface area contributed by atoms with Gasteiger partial charge >= 0.3 is 18.2 Å². The maximum atomic E-state index is 15.1. The molecule has 0 aromatic heterocycles. The second-order valence-corrected chi connectivity index (χ2v) is 23.4. The van der Waals surface area contributed by atoms with Crippen molar-refractivity contribution < 1.29 is 47.7 Å². The van der Waals surface area contributed by atoms with E-state index >= 15 is 9.59 Å². The molecule has 418 valence electrons. The average Bonchev–Trinajstić information content (AvgIpc) is 3.78. The molecule has 0 spiro atoms. The highest BCUT2D eigenvalue weighted by molar-refractivity contribution is 5.96. The second kappa shape index (κ2) is 24.7. The van der Waals surface area contributed by atoms with Gasteiger partial charge in [0, 0.05) is 43.8 Å². The van der Waals surface area contributed by atoms with Gasteiger partial charge in [-0.1, -0.05) is 127 Å². The first-order valence-corrected chi connectivity index (χ1v) is 27.2. The van der Waals surface area contributed by atoms with Gasteiger partial charge in [-0.2, -0.15) is 0 Å².